The predicted molar refractivity (Wildman–Crippen MR) is 129 cm³/mol. The van der Waals surface area contributed by atoms with Crippen molar-refractivity contribution in [3.8, 4) is 0 Å². The fourth-order valence-electron chi connectivity index (χ4n) is 5.73. The number of aryl methyl sites for hydroxylation is 1. The van der Waals surface area contributed by atoms with Gasteiger partial charge in [-0.1, -0.05) is 13.8 Å². The van der Waals surface area contributed by atoms with Crippen LogP contribution in [0.1, 0.15) is 79.4 Å². The Hall–Kier alpha value is -3.17. The van der Waals surface area contributed by atoms with E-state index < -0.39 is 6.04 Å². The zero-order valence-corrected chi connectivity index (χ0v) is 20.6. The molecule has 2 aromatic heterocycles. The molecule has 4 heterocycles. The van der Waals surface area contributed by atoms with E-state index in [0.717, 1.165) is 42.8 Å². The maximum Gasteiger partial charge on any atom is 0.272 e. The molecule has 3 amide bonds. The molecule has 5 rings (SSSR count). The maximum atomic E-state index is 13.3. The van der Waals surface area contributed by atoms with Crippen LogP contribution in [-0.2, 0) is 29.0 Å². The number of hydrogen-bond donors (Lipinski definition) is 2. The van der Waals surface area contributed by atoms with Crippen LogP contribution in [0, 0.1) is 0 Å². The standard InChI is InChI=1S/C25H35N7O3/c1-16(2)23-26-10-14-31(23)15-21(33)32-11-4-7-20(32)25(35)30-12-8-17(9-13-30)27-24(34)22-18-5-3-6-19(18)28-29-22/h10,14,16-17,20H,3-9,11-13,15H2,1-2H3,(H,27,34)(H,28,29)/t20-/m0/s1. The van der Waals surface area contributed by atoms with Gasteiger partial charge in [0.1, 0.15) is 18.4 Å². The van der Waals surface area contributed by atoms with Crippen LogP contribution in [0.5, 0.6) is 0 Å². The van der Waals surface area contributed by atoms with Crippen LogP contribution in [0.25, 0.3) is 0 Å². The summed E-state index contributed by atoms with van der Waals surface area (Å²) >= 11 is 0. The number of nitrogens with zero attached hydrogens (tertiary/aromatic N) is 5. The molecule has 2 N–H and O–H groups in total. The maximum absolute atomic E-state index is 13.3. The zero-order chi connectivity index (χ0) is 24.5. The highest BCUT2D eigenvalue weighted by Crippen LogP contribution is 2.25. The fourth-order valence-corrected chi connectivity index (χ4v) is 5.73. The minimum atomic E-state index is -0.397. The number of aromatic amines is 1. The first-order chi connectivity index (χ1) is 16.9. The van der Waals surface area contributed by atoms with Crippen molar-refractivity contribution < 1.29 is 14.4 Å². The second-order valence-electron chi connectivity index (χ2n) is 10.3. The first-order valence-corrected chi connectivity index (χ1v) is 12.9. The van der Waals surface area contributed by atoms with Crippen LogP contribution in [-0.4, -0.2) is 79.0 Å². The van der Waals surface area contributed by atoms with E-state index in [9.17, 15) is 14.4 Å². The summed E-state index contributed by atoms with van der Waals surface area (Å²) in [6, 6.07) is -0.372. The molecule has 2 aromatic rings. The molecule has 1 aliphatic carbocycles. The van der Waals surface area contributed by atoms with Gasteiger partial charge in [-0.2, -0.15) is 5.10 Å². The Morgan fingerprint density at radius 3 is 2.69 bits per heavy atom. The van der Waals surface area contributed by atoms with E-state index in [2.05, 4.69) is 34.3 Å². The number of H-pyrrole nitrogens is 1. The van der Waals surface area contributed by atoms with E-state index in [-0.39, 0.29) is 36.2 Å². The zero-order valence-electron chi connectivity index (χ0n) is 20.6. The van der Waals surface area contributed by atoms with Gasteiger partial charge in [0.05, 0.1) is 0 Å². The Kier molecular flexibility index (Phi) is 6.62. The van der Waals surface area contributed by atoms with Crippen molar-refractivity contribution in [2.75, 3.05) is 19.6 Å². The summed E-state index contributed by atoms with van der Waals surface area (Å²) in [4.78, 5) is 47.2. The molecule has 0 saturated carbocycles. The molecule has 3 aliphatic rings. The van der Waals surface area contributed by atoms with Gasteiger partial charge in [0.15, 0.2) is 5.69 Å². The number of aromatic nitrogens is 4. The lowest BCUT2D eigenvalue weighted by Gasteiger charge is -2.35. The van der Waals surface area contributed by atoms with Crippen molar-refractivity contribution in [1.82, 2.24) is 34.9 Å². The molecule has 0 radical (unpaired) electrons. The average molecular weight is 482 g/mol. The lowest BCUT2D eigenvalue weighted by atomic mass is 10.0. The van der Waals surface area contributed by atoms with E-state index in [0.29, 0.717) is 44.6 Å². The van der Waals surface area contributed by atoms with Crippen LogP contribution in [0.3, 0.4) is 0 Å². The molecule has 0 unspecified atom stereocenters. The first kappa shape index (κ1) is 23.6. The molecule has 188 valence electrons. The normalized spacial score (nSPS) is 20.5. The van der Waals surface area contributed by atoms with Gasteiger partial charge in [0, 0.05) is 55.2 Å². The van der Waals surface area contributed by atoms with Gasteiger partial charge in [-0.05, 0) is 44.9 Å². The Labute approximate surface area is 205 Å². The van der Waals surface area contributed by atoms with Gasteiger partial charge in [0.25, 0.3) is 5.91 Å². The van der Waals surface area contributed by atoms with Gasteiger partial charge in [-0.15, -0.1) is 0 Å². The summed E-state index contributed by atoms with van der Waals surface area (Å²) in [5.74, 6) is 0.978. The summed E-state index contributed by atoms with van der Waals surface area (Å²) in [7, 11) is 0. The minimum Gasteiger partial charge on any atom is -0.348 e. The van der Waals surface area contributed by atoms with E-state index in [1.54, 1.807) is 11.1 Å². The van der Waals surface area contributed by atoms with Gasteiger partial charge >= 0.3 is 0 Å². The summed E-state index contributed by atoms with van der Waals surface area (Å²) in [5, 5.41) is 10.3. The second-order valence-corrected chi connectivity index (χ2v) is 10.3. The average Bonchev–Trinajstić information content (AvgIpc) is 3.63. The number of fused-ring (bicyclic) bond motifs is 1. The van der Waals surface area contributed by atoms with Crippen LogP contribution >= 0.6 is 0 Å². The molecule has 0 bridgehead atoms. The van der Waals surface area contributed by atoms with E-state index >= 15 is 0 Å². The number of hydrogen-bond acceptors (Lipinski definition) is 5. The number of nitrogens with one attached hydrogen (secondary N) is 2. The van der Waals surface area contributed by atoms with Crippen molar-refractivity contribution in [3.63, 3.8) is 0 Å². The summed E-state index contributed by atoms with van der Waals surface area (Å²) in [5.41, 5.74) is 2.66. The number of imidazole rings is 1. The third-order valence-electron chi connectivity index (χ3n) is 7.59. The minimum absolute atomic E-state index is 0.0253. The van der Waals surface area contributed by atoms with Gasteiger partial charge in [-0.3, -0.25) is 19.5 Å². The molecule has 35 heavy (non-hydrogen) atoms. The van der Waals surface area contributed by atoms with Crippen LogP contribution in [0.15, 0.2) is 12.4 Å². The predicted octanol–water partition coefficient (Wildman–Crippen LogP) is 1.63. The van der Waals surface area contributed by atoms with E-state index in [4.69, 9.17) is 0 Å². The van der Waals surface area contributed by atoms with Gasteiger partial charge in [-0.25, -0.2) is 4.98 Å². The lowest BCUT2D eigenvalue weighted by molar-refractivity contribution is -0.144. The topological polar surface area (TPSA) is 116 Å². The number of likely N-dealkylation sites (tertiary alicyclic amines) is 2. The molecule has 10 heteroatoms. The van der Waals surface area contributed by atoms with Gasteiger partial charge in [0.2, 0.25) is 11.8 Å². The molecular weight excluding hydrogens is 446 g/mol. The molecule has 2 saturated heterocycles. The number of piperidine rings is 1. The Morgan fingerprint density at radius 2 is 1.91 bits per heavy atom. The van der Waals surface area contributed by atoms with E-state index in [1.807, 2.05) is 15.7 Å². The lowest BCUT2D eigenvalue weighted by Crippen LogP contribution is -2.53. The van der Waals surface area contributed by atoms with Crippen LogP contribution < -0.4 is 5.32 Å². The highest BCUT2D eigenvalue weighted by atomic mass is 16.2. The second kappa shape index (κ2) is 9.83. The SMILES string of the molecule is CC(C)c1nccn1CC(=O)N1CCC[C@H]1C(=O)N1CCC(NC(=O)c2n[nH]c3c2CCC3)CC1. The van der Waals surface area contributed by atoms with Crippen molar-refractivity contribution in [3.05, 3.63) is 35.2 Å². The Balaban J connectivity index is 1.14. The molecule has 10 nitrogen and oxygen atoms in total. The summed E-state index contributed by atoms with van der Waals surface area (Å²) in [6.45, 7) is 6.10. The summed E-state index contributed by atoms with van der Waals surface area (Å²) in [6.07, 6.45) is 9.42. The van der Waals surface area contributed by atoms with Crippen molar-refractivity contribution in [2.45, 2.75) is 83.3 Å². The largest absolute Gasteiger partial charge is 0.348 e. The Morgan fingerprint density at radius 1 is 1.11 bits per heavy atom. The van der Waals surface area contributed by atoms with Crippen molar-refractivity contribution in [1.29, 1.82) is 0 Å². The van der Waals surface area contributed by atoms with Crippen molar-refractivity contribution in [2.24, 2.45) is 0 Å². The molecule has 0 aromatic carbocycles. The van der Waals surface area contributed by atoms with Crippen LogP contribution in [0.4, 0.5) is 0 Å². The molecule has 0 spiro atoms. The molecule has 1 atom stereocenters. The Bertz CT molecular complexity index is 1100. The quantitative estimate of drug-likeness (QED) is 0.651. The number of carbonyl (C=O) groups excluding carboxylic acids is 3. The number of amides is 3. The number of rotatable bonds is 6. The monoisotopic (exact) mass is 481 g/mol. The highest BCUT2D eigenvalue weighted by molar-refractivity contribution is 5.94. The van der Waals surface area contributed by atoms with Crippen molar-refractivity contribution >= 4 is 17.7 Å². The third-order valence-corrected chi connectivity index (χ3v) is 7.59. The summed E-state index contributed by atoms with van der Waals surface area (Å²) < 4.78 is 1.88. The smallest absolute Gasteiger partial charge is 0.272 e. The van der Waals surface area contributed by atoms with Crippen LogP contribution in [0.2, 0.25) is 0 Å². The molecule has 2 aliphatic heterocycles. The van der Waals surface area contributed by atoms with Gasteiger partial charge < -0.3 is 19.7 Å². The molecular formula is C25H35N7O3. The fraction of sp³-hybridized carbons (Fsp3) is 0.640. The highest BCUT2D eigenvalue weighted by Gasteiger charge is 2.38. The third kappa shape index (κ3) is 4.70. The van der Waals surface area contributed by atoms with E-state index in [1.165, 1.54) is 0 Å². The number of carbonyl (C=O) groups is 3. The first-order valence-electron chi connectivity index (χ1n) is 12.9. The molecule has 2 fully saturated rings.